The number of hydrogen-bond acceptors (Lipinski definition) is 6. The highest BCUT2D eigenvalue weighted by molar-refractivity contribution is 7.80. The highest BCUT2D eigenvalue weighted by Crippen LogP contribution is 2.30. The Morgan fingerprint density at radius 1 is 0.811 bits per heavy atom. The van der Waals surface area contributed by atoms with Crippen LogP contribution >= 0.6 is 12.2 Å². The van der Waals surface area contributed by atoms with Gasteiger partial charge in [-0.2, -0.15) is 9.97 Å². The molecule has 1 saturated heterocycles. The lowest BCUT2D eigenvalue weighted by Crippen LogP contribution is -2.32. The van der Waals surface area contributed by atoms with Gasteiger partial charge in [-0.05, 0) is 54.7 Å². The molecule has 2 aromatic heterocycles. The molecule has 0 amide bonds. The summed E-state index contributed by atoms with van der Waals surface area (Å²) in [4.78, 5) is 14.4. The third-order valence-corrected chi connectivity index (χ3v) is 7.16. The normalized spacial score (nSPS) is 14.9. The van der Waals surface area contributed by atoms with Gasteiger partial charge in [0.05, 0.1) is 6.54 Å². The first-order chi connectivity index (χ1) is 18.2. The van der Waals surface area contributed by atoms with Crippen LogP contribution < -0.4 is 20.4 Å². The lowest BCUT2D eigenvalue weighted by Gasteiger charge is -2.29. The van der Waals surface area contributed by atoms with Gasteiger partial charge < -0.3 is 24.9 Å². The molecule has 8 heteroatoms. The third-order valence-electron chi connectivity index (χ3n) is 6.91. The minimum atomic E-state index is 0.462. The number of nitrogens with one attached hydrogen (secondary N) is 2. The molecule has 0 saturated carbocycles. The smallest absolute Gasteiger partial charge is 0.232 e. The van der Waals surface area contributed by atoms with Gasteiger partial charge in [-0.25, -0.2) is 0 Å². The SMILES string of the molecule is S=C(NCc1ccc(-c2ccccc2)o1)Nc1nc(N2CCCCC2)cc(N2Cc3ccccc3C2)n1. The van der Waals surface area contributed by atoms with Gasteiger partial charge in [-0.3, -0.25) is 0 Å². The van der Waals surface area contributed by atoms with Gasteiger partial charge in [0.2, 0.25) is 5.95 Å². The molecule has 4 heterocycles. The van der Waals surface area contributed by atoms with Crippen molar-refractivity contribution in [1.82, 2.24) is 15.3 Å². The Morgan fingerprint density at radius 2 is 1.49 bits per heavy atom. The van der Waals surface area contributed by atoms with Crippen LogP contribution in [0.1, 0.15) is 36.1 Å². The molecule has 4 aromatic rings. The van der Waals surface area contributed by atoms with E-state index in [4.69, 9.17) is 26.6 Å². The molecule has 0 unspecified atom stereocenters. The Morgan fingerprint density at radius 3 is 2.22 bits per heavy atom. The van der Waals surface area contributed by atoms with Gasteiger partial charge in [0.25, 0.3) is 0 Å². The molecule has 2 aliphatic heterocycles. The summed E-state index contributed by atoms with van der Waals surface area (Å²) in [7, 11) is 0. The monoisotopic (exact) mass is 510 g/mol. The Hall–Kier alpha value is -3.91. The molecule has 0 bridgehead atoms. The zero-order chi connectivity index (χ0) is 25.0. The lowest BCUT2D eigenvalue weighted by molar-refractivity contribution is 0.516. The first kappa shape index (κ1) is 23.5. The average molecular weight is 511 g/mol. The number of aromatic nitrogens is 2. The minimum absolute atomic E-state index is 0.462. The molecular weight excluding hydrogens is 480 g/mol. The summed E-state index contributed by atoms with van der Waals surface area (Å²) >= 11 is 5.60. The lowest BCUT2D eigenvalue weighted by atomic mass is 10.1. The number of piperidine rings is 1. The highest BCUT2D eigenvalue weighted by atomic mass is 32.1. The summed E-state index contributed by atoms with van der Waals surface area (Å²) < 4.78 is 5.99. The van der Waals surface area contributed by atoms with Crippen LogP contribution in [0.2, 0.25) is 0 Å². The highest BCUT2D eigenvalue weighted by Gasteiger charge is 2.23. The van der Waals surface area contributed by atoms with E-state index < -0.39 is 0 Å². The zero-order valence-corrected chi connectivity index (χ0v) is 21.5. The van der Waals surface area contributed by atoms with Crippen molar-refractivity contribution in [3.63, 3.8) is 0 Å². The Labute approximate surface area is 222 Å². The van der Waals surface area contributed by atoms with Gasteiger partial charge in [0.15, 0.2) is 5.11 Å². The molecule has 2 aliphatic rings. The summed E-state index contributed by atoms with van der Waals surface area (Å²) in [5, 5.41) is 6.91. The zero-order valence-electron chi connectivity index (χ0n) is 20.7. The fraction of sp³-hybridized carbons (Fsp3) is 0.276. The summed E-state index contributed by atoms with van der Waals surface area (Å²) in [6.45, 7) is 4.19. The number of fused-ring (bicyclic) bond motifs is 1. The van der Waals surface area contributed by atoms with E-state index in [0.29, 0.717) is 17.6 Å². The quantitative estimate of drug-likeness (QED) is 0.319. The van der Waals surface area contributed by atoms with E-state index in [9.17, 15) is 0 Å². The van der Waals surface area contributed by atoms with Crippen LogP contribution in [0.15, 0.2) is 77.2 Å². The minimum Gasteiger partial charge on any atom is -0.459 e. The topological polar surface area (TPSA) is 69.5 Å². The third kappa shape index (κ3) is 5.44. The van der Waals surface area contributed by atoms with Crippen molar-refractivity contribution in [2.24, 2.45) is 0 Å². The number of hydrogen-bond donors (Lipinski definition) is 2. The van der Waals surface area contributed by atoms with Crippen LogP contribution in [-0.4, -0.2) is 28.2 Å². The van der Waals surface area contributed by atoms with E-state index in [1.54, 1.807) is 0 Å². The van der Waals surface area contributed by atoms with Crippen molar-refractivity contribution in [2.75, 3.05) is 28.2 Å². The van der Waals surface area contributed by atoms with E-state index in [1.807, 2.05) is 42.5 Å². The number of benzene rings is 2. The maximum atomic E-state index is 5.99. The molecule has 0 spiro atoms. The molecular formula is C29H30N6OS. The fourth-order valence-corrected chi connectivity index (χ4v) is 5.13. The Balaban J connectivity index is 1.16. The van der Waals surface area contributed by atoms with E-state index in [-0.39, 0.29) is 0 Å². The maximum absolute atomic E-state index is 5.99. The number of thiocarbonyl (C=S) groups is 1. The van der Waals surface area contributed by atoms with Gasteiger partial charge >= 0.3 is 0 Å². The molecule has 0 radical (unpaired) electrons. The predicted octanol–water partition coefficient (Wildman–Crippen LogP) is 5.73. The summed E-state index contributed by atoms with van der Waals surface area (Å²) in [6, 6.07) is 24.7. The van der Waals surface area contributed by atoms with E-state index in [0.717, 1.165) is 54.9 Å². The second kappa shape index (κ2) is 10.6. The largest absolute Gasteiger partial charge is 0.459 e. The molecule has 1 fully saturated rings. The second-order valence-corrected chi connectivity index (χ2v) is 9.93. The van der Waals surface area contributed by atoms with Crippen LogP contribution in [0.3, 0.4) is 0 Å². The van der Waals surface area contributed by atoms with Crippen molar-refractivity contribution in [2.45, 2.75) is 38.9 Å². The fourth-order valence-electron chi connectivity index (χ4n) is 4.96. The van der Waals surface area contributed by atoms with E-state index in [2.05, 4.69) is 50.8 Å². The summed E-state index contributed by atoms with van der Waals surface area (Å²) in [5.74, 6) is 4.02. The molecule has 2 N–H and O–H groups in total. The first-order valence-electron chi connectivity index (χ1n) is 12.9. The maximum Gasteiger partial charge on any atom is 0.232 e. The average Bonchev–Trinajstić information content (AvgIpc) is 3.60. The van der Waals surface area contributed by atoms with Crippen LogP contribution in [0.5, 0.6) is 0 Å². The molecule has 0 aliphatic carbocycles. The number of rotatable bonds is 6. The molecule has 2 aromatic carbocycles. The van der Waals surface area contributed by atoms with Gasteiger partial charge in [0.1, 0.15) is 23.2 Å². The Kier molecular flexibility index (Phi) is 6.73. The van der Waals surface area contributed by atoms with Crippen LogP contribution in [0.25, 0.3) is 11.3 Å². The molecule has 37 heavy (non-hydrogen) atoms. The van der Waals surface area contributed by atoms with Crippen molar-refractivity contribution in [1.29, 1.82) is 0 Å². The van der Waals surface area contributed by atoms with Crippen LogP contribution in [0, 0.1) is 0 Å². The van der Waals surface area contributed by atoms with Gasteiger partial charge in [-0.1, -0.05) is 54.6 Å². The van der Waals surface area contributed by atoms with Crippen LogP contribution in [-0.2, 0) is 19.6 Å². The standard InChI is InChI=1S/C29H30N6OS/c37-29(30-18-24-13-14-25(36-24)21-9-3-1-4-10-21)33-28-31-26(34-15-7-2-8-16-34)17-27(32-28)35-19-22-11-5-6-12-23(22)20-35/h1,3-6,9-14,17H,2,7-8,15-16,18-20H2,(H2,30,31,32,33,37). The van der Waals surface area contributed by atoms with Gasteiger partial charge in [-0.15, -0.1) is 0 Å². The van der Waals surface area contributed by atoms with Crippen molar-refractivity contribution >= 4 is 34.9 Å². The first-order valence-corrected chi connectivity index (χ1v) is 13.3. The van der Waals surface area contributed by atoms with Crippen molar-refractivity contribution < 1.29 is 4.42 Å². The molecule has 6 rings (SSSR count). The molecule has 7 nitrogen and oxygen atoms in total. The molecule has 188 valence electrons. The summed E-state index contributed by atoms with van der Waals surface area (Å²) in [6.07, 6.45) is 3.64. The number of furan rings is 1. The van der Waals surface area contributed by atoms with E-state index >= 15 is 0 Å². The van der Waals surface area contributed by atoms with Crippen molar-refractivity contribution in [3.05, 3.63) is 89.7 Å². The van der Waals surface area contributed by atoms with Gasteiger partial charge in [0, 0.05) is 37.8 Å². The molecule has 0 atom stereocenters. The predicted molar refractivity (Wildman–Crippen MR) is 152 cm³/mol. The van der Waals surface area contributed by atoms with E-state index in [1.165, 1.54) is 30.4 Å². The summed E-state index contributed by atoms with van der Waals surface area (Å²) in [5.41, 5.74) is 3.75. The second-order valence-electron chi connectivity index (χ2n) is 9.52. The number of anilines is 3. The number of nitrogens with zero attached hydrogens (tertiary/aromatic N) is 4. The van der Waals surface area contributed by atoms with Crippen LogP contribution in [0.4, 0.5) is 17.6 Å². The van der Waals surface area contributed by atoms with Crippen molar-refractivity contribution in [3.8, 4) is 11.3 Å². The Bertz CT molecular complexity index is 1360.